The molecule has 0 radical (unpaired) electrons. The van der Waals surface area contributed by atoms with Gasteiger partial charge in [-0.2, -0.15) is 15.8 Å². The molecule has 4 aliphatic rings. The summed E-state index contributed by atoms with van der Waals surface area (Å²) >= 11 is 0. The molecule has 0 atom stereocenters. The lowest BCUT2D eigenvalue weighted by Gasteiger charge is -2.23. The van der Waals surface area contributed by atoms with Gasteiger partial charge < -0.3 is 44.4 Å². The predicted molar refractivity (Wildman–Crippen MR) is 316 cm³/mol. The third-order valence-corrected chi connectivity index (χ3v) is 14.2. The highest BCUT2D eigenvalue weighted by molar-refractivity contribution is 6.04. The second-order valence-corrected chi connectivity index (χ2v) is 20.8. The minimum absolute atomic E-state index is 0.0255. The van der Waals surface area contributed by atoms with Crippen LogP contribution >= 0.6 is 0 Å². The first-order chi connectivity index (χ1) is 41.0. The van der Waals surface area contributed by atoms with Crippen molar-refractivity contribution in [3.8, 4) is 68.8 Å². The van der Waals surface area contributed by atoms with E-state index < -0.39 is 0 Å². The molecule has 3 aromatic heterocycles. The summed E-state index contributed by atoms with van der Waals surface area (Å²) < 4.78 is 34.1. The number of pyridine rings is 3. The zero-order valence-corrected chi connectivity index (χ0v) is 46.9. The highest BCUT2D eigenvalue weighted by atomic mass is 16.5. The number of benzene rings is 4. The number of nitrogens with zero attached hydrogens (tertiary/aromatic N) is 6. The Kier molecular flexibility index (Phi) is 20.7. The van der Waals surface area contributed by atoms with Crippen LogP contribution in [0.15, 0.2) is 140 Å². The van der Waals surface area contributed by atoms with Crippen LogP contribution < -0.4 is 30.2 Å². The van der Waals surface area contributed by atoms with Crippen molar-refractivity contribution in [1.82, 2.24) is 15.0 Å². The Morgan fingerprint density at radius 3 is 1.18 bits per heavy atom. The lowest BCUT2D eigenvalue weighted by atomic mass is 10.0. The molecule has 4 aromatic carbocycles. The van der Waals surface area contributed by atoms with E-state index in [-0.39, 0.29) is 47.9 Å². The lowest BCUT2D eigenvalue weighted by molar-refractivity contribution is -0.119. The highest BCUT2D eigenvalue weighted by Crippen LogP contribution is 2.34. The molecule has 1 saturated carbocycles. The van der Waals surface area contributed by atoms with Crippen molar-refractivity contribution in [1.29, 1.82) is 15.8 Å². The summed E-state index contributed by atoms with van der Waals surface area (Å²) in [4.78, 5) is 48.8. The number of hydrogen-bond donors (Lipinski definition) is 3. The fourth-order valence-corrected chi connectivity index (χ4v) is 9.28. The van der Waals surface area contributed by atoms with Crippen LogP contribution in [-0.2, 0) is 23.8 Å². The fourth-order valence-electron chi connectivity index (χ4n) is 9.28. The molecular formula is C66H65N9O9. The van der Waals surface area contributed by atoms with Gasteiger partial charge in [0.05, 0.1) is 56.3 Å². The average Bonchev–Trinajstić information content (AvgIpc) is 4.52. The molecule has 84 heavy (non-hydrogen) atoms. The van der Waals surface area contributed by atoms with Crippen molar-refractivity contribution in [3.63, 3.8) is 0 Å². The van der Waals surface area contributed by atoms with Gasteiger partial charge in [0.25, 0.3) is 5.91 Å². The van der Waals surface area contributed by atoms with Crippen LogP contribution in [0.4, 0.5) is 17.5 Å². The molecule has 0 bridgehead atoms. The summed E-state index contributed by atoms with van der Waals surface area (Å²) in [5.41, 5.74) is 7.25. The van der Waals surface area contributed by atoms with Crippen LogP contribution in [0.5, 0.6) is 17.2 Å². The van der Waals surface area contributed by atoms with Crippen molar-refractivity contribution in [2.75, 3.05) is 55.6 Å². The molecule has 428 valence electrons. The molecule has 18 heteroatoms. The topological polar surface area (TPSA) is 253 Å². The smallest absolute Gasteiger partial charge is 0.256 e. The maximum atomic E-state index is 12.4. The van der Waals surface area contributed by atoms with Crippen molar-refractivity contribution in [2.24, 2.45) is 11.8 Å². The van der Waals surface area contributed by atoms with Gasteiger partial charge in [0.2, 0.25) is 11.8 Å². The van der Waals surface area contributed by atoms with Crippen molar-refractivity contribution < 1.29 is 42.8 Å². The molecule has 0 unspecified atom stereocenters. The zero-order chi connectivity index (χ0) is 58.6. The summed E-state index contributed by atoms with van der Waals surface area (Å²) in [5.74, 6) is 2.97. The minimum atomic E-state index is -0.224. The minimum Gasteiger partial charge on any atom is -0.489 e. The molecule has 3 aliphatic heterocycles. The van der Waals surface area contributed by atoms with Gasteiger partial charge >= 0.3 is 0 Å². The SMILES string of the molecule is CC(C)C(=O)Nc1cc(-c2ccc(OC3CCOCC3)c(C#N)c2)ccn1.N#Cc1cc(-c2ccnc(NC(=O)C3CC3)c2)ccc1OC1CCOCC1.N#Cc1cc(-c2ccnc(NC(=O)c3ccccc3)c2)ccc1OC1CCOCC1. The van der Waals surface area contributed by atoms with Crippen LogP contribution in [0.2, 0.25) is 0 Å². The van der Waals surface area contributed by atoms with E-state index in [1.807, 2.05) is 98.8 Å². The zero-order valence-electron chi connectivity index (χ0n) is 46.9. The second-order valence-electron chi connectivity index (χ2n) is 20.8. The number of carbonyl (C=O) groups is 3. The van der Waals surface area contributed by atoms with E-state index in [9.17, 15) is 30.2 Å². The fraction of sp³-hybridized carbons (Fsp3) is 0.318. The van der Waals surface area contributed by atoms with Crippen molar-refractivity contribution in [3.05, 3.63) is 162 Å². The molecule has 4 fully saturated rings. The Bertz CT molecular complexity index is 3400. The van der Waals surface area contributed by atoms with Gasteiger partial charge in [0, 0.05) is 74.5 Å². The van der Waals surface area contributed by atoms with E-state index in [4.69, 9.17) is 28.4 Å². The van der Waals surface area contributed by atoms with Gasteiger partial charge in [-0.05, 0) is 131 Å². The van der Waals surface area contributed by atoms with Gasteiger partial charge in [0.1, 0.15) is 71.2 Å². The Morgan fingerprint density at radius 1 is 0.464 bits per heavy atom. The van der Waals surface area contributed by atoms with Crippen LogP contribution in [0, 0.1) is 45.8 Å². The first kappa shape index (κ1) is 59.1. The number of anilines is 3. The number of nitriles is 3. The number of amides is 3. The largest absolute Gasteiger partial charge is 0.489 e. The van der Waals surface area contributed by atoms with E-state index in [0.29, 0.717) is 96.6 Å². The number of nitrogens with one attached hydrogen (secondary N) is 3. The molecule has 3 N–H and O–H groups in total. The summed E-state index contributed by atoms with van der Waals surface area (Å²) in [5, 5.41) is 37.1. The number of aromatic nitrogens is 3. The van der Waals surface area contributed by atoms with Crippen LogP contribution in [0.3, 0.4) is 0 Å². The molecule has 1 aliphatic carbocycles. The van der Waals surface area contributed by atoms with Crippen LogP contribution in [-0.4, -0.2) is 90.6 Å². The maximum absolute atomic E-state index is 12.4. The monoisotopic (exact) mass is 1130 g/mol. The summed E-state index contributed by atoms with van der Waals surface area (Å²) in [6.45, 7) is 7.77. The summed E-state index contributed by atoms with van der Waals surface area (Å²) in [7, 11) is 0. The van der Waals surface area contributed by atoms with Crippen LogP contribution in [0.1, 0.15) is 92.3 Å². The molecule has 0 spiro atoms. The molecule has 7 aromatic rings. The van der Waals surface area contributed by atoms with Gasteiger partial charge in [-0.15, -0.1) is 0 Å². The van der Waals surface area contributed by atoms with E-state index >= 15 is 0 Å². The lowest BCUT2D eigenvalue weighted by Crippen LogP contribution is -2.26. The van der Waals surface area contributed by atoms with Gasteiger partial charge in [-0.25, -0.2) is 15.0 Å². The number of hydrogen-bond acceptors (Lipinski definition) is 15. The van der Waals surface area contributed by atoms with Crippen LogP contribution in [0.25, 0.3) is 33.4 Å². The van der Waals surface area contributed by atoms with Crippen molar-refractivity contribution >= 4 is 35.2 Å². The Balaban J connectivity index is 0.000000151. The molecule has 3 amide bonds. The van der Waals surface area contributed by atoms with E-state index in [2.05, 4.69) is 49.1 Å². The van der Waals surface area contributed by atoms with E-state index in [1.54, 1.807) is 55.0 Å². The molecule has 3 saturated heterocycles. The third kappa shape index (κ3) is 16.8. The number of rotatable bonds is 15. The predicted octanol–water partition coefficient (Wildman–Crippen LogP) is 11.7. The average molecular weight is 1130 g/mol. The summed E-state index contributed by atoms with van der Waals surface area (Å²) in [6, 6.07) is 43.3. The first-order valence-electron chi connectivity index (χ1n) is 28.3. The highest BCUT2D eigenvalue weighted by Gasteiger charge is 2.30. The molecule has 11 rings (SSSR count). The second kappa shape index (κ2) is 29.5. The molecule has 6 heterocycles. The van der Waals surface area contributed by atoms with Crippen molar-refractivity contribution in [2.45, 2.75) is 83.5 Å². The first-order valence-corrected chi connectivity index (χ1v) is 28.3. The summed E-state index contributed by atoms with van der Waals surface area (Å²) in [6.07, 6.45) is 12.0. The maximum Gasteiger partial charge on any atom is 0.256 e. The normalized spacial score (nSPS) is 15.2. The van der Waals surface area contributed by atoms with E-state index in [1.165, 1.54) is 0 Å². The molecule has 18 nitrogen and oxygen atoms in total. The quantitative estimate of drug-likeness (QED) is 0.0863. The Hall–Kier alpha value is -9.51. The van der Waals surface area contributed by atoms with Gasteiger partial charge in [-0.1, -0.05) is 50.2 Å². The van der Waals surface area contributed by atoms with Gasteiger partial charge in [0.15, 0.2) is 0 Å². The standard InChI is InChI=1S/C24H21N3O3.C21H21N3O3.C21H23N3O3/c25-16-20-14-18(6-7-22(20)30-21-9-12-29-13-10-21)19-8-11-26-23(15-19)27-24(28)17-4-2-1-3-5-17;22-13-17-11-15(3-4-19(17)27-18-6-9-26-10-7-18)16-5-8-23-20(12-16)24-21(25)14-1-2-14;1-14(2)21(25)24-20-12-16(5-8-23-20)15-3-4-19(17(11-15)13-22)27-18-6-9-26-10-7-18/h1-8,11,14-15,21H,9-10,12-13H2,(H,26,27,28);3-5,8,11-12,14,18H,1-2,6-7,9-10H2,(H,23,24,25);3-5,8,11-12,14,18H,6-7,9-10H2,1-2H3,(H,23,24,25). The van der Waals surface area contributed by atoms with E-state index in [0.717, 1.165) is 84.7 Å². The third-order valence-electron chi connectivity index (χ3n) is 14.2. The number of ether oxygens (including phenoxy) is 6. The Morgan fingerprint density at radius 2 is 0.821 bits per heavy atom. The molecular weight excluding hydrogens is 1060 g/mol. The van der Waals surface area contributed by atoms with Gasteiger partial charge in [-0.3, -0.25) is 14.4 Å². The number of carbonyl (C=O) groups excluding carboxylic acids is 3. The Labute approximate surface area is 488 Å².